The lowest BCUT2D eigenvalue weighted by Gasteiger charge is -2.24. The van der Waals surface area contributed by atoms with Gasteiger partial charge in [0.05, 0.1) is 0 Å². The smallest absolute Gasteiger partial charge is 0.762 e. The monoisotopic (exact) mass is 717 g/mol. The Morgan fingerprint density at radius 3 is 1.30 bits per heavy atom. The number of anilines is 2. The topological polar surface area (TPSA) is 9.49 Å². The normalized spacial score (nSPS) is 19.6. The third kappa shape index (κ3) is 7.55. The molecule has 0 atom stereocenters. The van der Waals surface area contributed by atoms with Crippen LogP contribution in [0.5, 0.6) is 0 Å². The summed E-state index contributed by atoms with van der Waals surface area (Å²) in [4.78, 5) is 4.76. The fourth-order valence-corrected chi connectivity index (χ4v) is 8.14. The van der Waals surface area contributed by atoms with Gasteiger partial charge in [-0.25, -0.2) is 0 Å². The zero-order chi connectivity index (χ0) is 37.4. The maximum absolute atomic E-state index is 9.67. The highest BCUT2D eigenvalue weighted by Crippen LogP contribution is 2.49. The molecule has 4 aromatic carbocycles. The molecular formula is C45H48BF4N3. The summed E-state index contributed by atoms with van der Waals surface area (Å²) in [6.45, 7) is 13.8. The van der Waals surface area contributed by atoms with E-state index in [1.807, 2.05) is 0 Å². The molecule has 2 aliphatic heterocycles. The SMILES string of the molecule is Cc1ccc2c(c1)C(C)(C)C(=CC=C1CC/C(=C\C=C3\N(C)c4ccc(C)cc4C3(C)C)C1=[N+](c1ccccc1)c1ccccc1)N2C.FB(F)F.[F-]. The van der Waals surface area contributed by atoms with Crippen LogP contribution in [-0.4, -0.2) is 27.4 Å². The van der Waals surface area contributed by atoms with E-state index in [1.165, 1.54) is 73.3 Å². The Morgan fingerprint density at radius 2 is 0.943 bits per heavy atom. The molecule has 4 aromatic rings. The molecule has 0 unspecified atom stereocenters. The minimum atomic E-state index is -3.67. The van der Waals surface area contributed by atoms with E-state index < -0.39 is 7.54 Å². The fraction of sp³-hybridized carbons (Fsp3) is 0.267. The standard InChI is InChI=1S/C45H48N3.BF3.FH/c1-31-19-25-39-37(29-31)44(3,4)41(46(39)7)27-23-33-21-22-34(24-28-42-45(5,6)38-30-32(2)20-26-40(38)47(42)8)43(33)48(35-15-11-9-12-16-35)36-17-13-10-14-18-36;2-1(3)4;/h9-20,23-30H,21-22H2,1-8H3;;1H/q+1;;/p-1. The van der Waals surface area contributed by atoms with E-state index in [0.717, 1.165) is 12.8 Å². The predicted molar refractivity (Wildman–Crippen MR) is 215 cm³/mol. The van der Waals surface area contributed by atoms with Crippen molar-refractivity contribution in [2.45, 2.75) is 65.2 Å². The summed E-state index contributed by atoms with van der Waals surface area (Å²) < 4.78 is 31.5. The van der Waals surface area contributed by atoms with Crippen LogP contribution in [0, 0.1) is 13.8 Å². The Labute approximate surface area is 312 Å². The number of fused-ring (bicyclic) bond motifs is 2. The molecule has 1 fully saturated rings. The number of halogens is 4. The second-order valence-corrected chi connectivity index (χ2v) is 15.0. The Kier molecular flexibility index (Phi) is 11.4. The van der Waals surface area contributed by atoms with Crippen LogP contribution in [0.25, 0.3) is 0 Å². The van der Waals surface area contributed by atoms with Crippen LogP contribution in [0.4, 0.5) is 35.7 Å². The average Bonchev–Trinajstić information content (AvgIpc) is 3.64. The van der Waals surface area contributed by atoms with Gasteiger partial charge in [-0.05, 0) is 62.1 Å². The van der Waals surface area contributed by atoms with Gasteiger partial charge in [0, 0.05) is 83.1 Å². The summed E-state index contributed by atoms with van der Waals surface area (Å²) in [6, 6.07) is 35.4. The molecule has 8 heteroatoms. The zero-order valence-electron chi connectivity index (χ0n) is 31.9. The van der Waals surface area contributed by atoms with Gasteiger partial charge in [-0.3, -0.25) is 12.9 Å². The summed E-state index contributed by atoms with van der Waals surface area (Å²) in [5.74, 6) is 0. The zero-order valence-corrected chi connectivity index (χ0v) is 31.9. The molecule has 0 N–H and O–H groups in total. The number of rotatable bonds is 4. The second kappa shape index (κ2) is 15.5. The Hall–Kier alpha value is -5.11. The first-order chi connectivity index (χ1) is 24.7. The van der Waals surface area contributed by atoms with E-state index in [0.29, 0.717) is 0 Å². The van der Waals surface area contributed by atoms with Crippen LogP contribution < -0.4 is 19.1 Å². The van der Waals surface area contributed by atoms with Gasteiger partial charge in [-0.15, -0.1) is 0 Å². The van der Waals surface area contributed by atoms with Crippen LogP contribution in [0.3, 0.4) is 0 Å². The van der Waals surface area contributed by atoms with Gasteiger partial charge < -0.3 is 14.5 Å². The van der Waals surface area contributed by atoms with Crippen molar-refractivity contribution in [1.29, 1.82) is 0 Å². The van der Waals surface area contributed by atoms with Crippen molar-refractivity contribution in [3.05, 3.63) is 166 Å². The number of hydrogen-bond donors (Lipinski definition) is 0. The number of aryl methyl sites for hydroxylation is 2. The van der Waals surface area contributed by atoms with Gasteiger partial charge in [-0.1, -0.05) is 112 Å². The van der Waals surface area contributed by atoms with Crippen molar-refractivity contribution in [2.24, 2.45) is 0 Å². The summed E-state index contributed by atoms with van der Waals surface area (Å²) in [6.07, 6.45) is 11.5. The highest BCUT2D eigenvalue weighted by molar-refractivity contribution is 6.33. The van der Waals surface area contributed by atoms with Crippen molar-refractivity contribution in [3.63, 3.8) is 0 Å². The first kappa shape index (κ1) is 39.1. The fourth-order valence-electron chi connectivity index (χ4n) is 8.14. The van der Waals surface area contributed by atoms with Crippen LogP contribution in [0.1, 0.15) is 62.8 Å². The molecule has 0 radical (unpaired) electrons. The highest BCUT2D eigenvalue weighted by Gasteiger charge is 2.40. The van der Waals surface area contributed by atoms with Crippen LogP contribution >= 0.6 is 0 Å². The van der Waals surface area contributed by atoms with E-state index in [2.05, 4.69) is 191 Å². The highest BCUT2D eigenvalue weighted by atomic mass is 19.4. The van der Waals surface area contributed by atoms with Gasteiger partial charge in [0.15, 0.2) is 0 Å². The number of nitrogens with zero attached hydrogens (tertiary/aromatic N) is 3. The van der Waals surface area contributed by atoms with Crippen molar-refractivity contribution in [3.8, 4) is 0 Å². The van der Waals surface area contributed by atoms with Gasteiger partial charge in [0.2, 0.25) is 17.1 Å². The molecular weight excluding hydrogens is 669 g/mol. The molecule has 0 bridgehead atoms. The van der Waals surface area contributed by atoms with Crippen molar-refractivity contribution in [2.75, 3.05) is 23.9 Å². The molecule has 1 aliphatic carbocycles. The van der Waals surface area contributed by atoms with Crippen molar-refractivity contribution < 1.29 is 17.7 Å². The Balaban J connectivity index is 0.00000103. The molecule has 7 rings (SSSR count). The minimum Gasteiger partial charge on any atom is -1.00 e. The van der Waals surface area contributed by atoms with E-state index in [-0.39, 0.29) is 15.5 Å². The molecule has 0 amide bonds. The molecule has 0 spiro atoms. The third-order valence-electron chi connectivity index (χ3n) is 10.8. The van der Waals surface area contributed by atoms with Crippen LogP contribution in [-0.2, 0) is 10.8 Å². The Bertz CT molecular complexity index is 1980. The lowest BCUT2D eigenvalue weighted by Crippen LogP contribution is -3.00. The lowest BCUT2D eigenvalue weighted by molar-refractivity contribution is -0.0000136. The van der Waals surface area contributed by atoms with E-state index in [1.54, 1.807) is 0 Å². The van der Waals surface area contributed by atoms with Gasteiger partial charge in [0.25, 0.3) is 0 Å². The maximum atomic E-state index is 9.67. The van der Waals surface area contributed by atoms with Crippen molar-refractivity contribution >= 4 is 36.0 Å². The maximum Gasteiger partial charge on any atom is 0.762 e. The summed E-state index contributed by atoms with van der Waals surface area (Å²) in [7, 11) is 0.757. The quantitative estimate of drug-likeness (QED) is 0.119. The van der Waals surface area contributed by atoms with E-state index in [9.17, 15) is 12.9 Å². The molecule has 0 aromatic heterocycles. The first-order valence-corrected chi connectivity index (χ1v) is 17.9. The molecule has 53 heavy (non-hydrogen) atoms. The molecule has 1 saturated carbocycles. The molecule has 3 aliphatic rings. The Morgan fingerprint density at radius 1 is 0.585 bits per heavy atom. The van der Waals surface area contributed by atoms with Gasteiger partial charge in [0.1, 0.15) is 0 Å². The molecule has 3 nitrogen and oxygen atoms in total. The van der Waals surface area contributed by atoms with E-state index in [4.69, 9.17) is 0 Å². The number of allylic oxidation sites excluding steroid dienone is 8. The second-order valence-electron chi connectivity index (χ2n) is 15.0. The van der Waals surface area contributed by atoms with Gasteiger partial charge in [-0.2, -0.15) is 4.58 Å². The molecule has 0 saturated heterocycles. The molecule has 274 valence electrons. The number of hydrogen-bond acceptors (Lipinski definition) is 2. The average molecular weight is 718 g/mol. The summed E-state index contributed by atoms with van der Waals surface area (Å²) in [5.41, 5.74) is 16.8. The number of benzene rings is 4. The summed E-state index contributed by atoms with van der Waals surface area (Å²) >= 11 is 0. The summed E-state index contributed by atoms with van der Waals surface area (Å²) in [5, 5.41) is 0. The number of likely N-dealkylation sites (N-methyl/N-ethyl adjacent to an activating group) is 2. The van der Waals surface area contributed by atoms with Crippen LogP contribution in [0.2, 0.25) is 0 Å². The lowest BCUT2D eigenvalue weighted by atomic mass is 9.83. The van der Waals surface area contributed by atoms with Gasteiger partial charge >= 0.3 is 7.54 Å². The predicted octanol–water partition coefficient (Wildman–Crippen LogP) is 8.73. The molecule has 2 heterocycles. The van der Waals surface area contributed by atoms with Crippen LogP contribution in [0.15, 0.2) is 144 Å². The minimum absolute atomic E-state index is 0. The third-order valence-corrected chi connectivity index (χ3v) is 10.8. The first-order valence-electron chi connectivity index (χ1n) is 17.9. The number of para-hydroxylation sites is 2. The van der Waals surface area contributed by atoms with Crippen molar-refractivity contribution in [1.82, 2.24) is 4.58 Å². The largest absolute Gasteiger partial charge is 1.00 e. The van der Waals surface area contributed by atoms with E-state index >= 15 is 0 Å².